The van der Waals surface area contributed by atoms with Crippen molar-refractivity contribution in [3.63, 3.8) is 0 Å². The van der Waals surface area contributed by atoms with Crippen LogP contribution in [0.1, 0.15) is 97.6 Å². The van der Waals surface area contributed by atoms with Gasteiger partial charge in [-0.25, -0.2) is 9.59 Å². The van der Waals surface area contributed by atoms with Crippen LogP contribution < -0.4 is 0 Å². The Morgan fingerprint density at radius 3 is 2.17 bits per heavy atom. The van der Waals surface area contributed by atoms with Gasteiger partial charge in [0.1, 0.15) is 0 Å². The molecule has 4 heteroatoms. The van der Waals surface area contributed by atoms with E-state index in [9.17, 15) is 19.8 Å². The van der Waals surface area contributed by atoms with Gasteiger partial charge in [0.05, 0.1) is 11.1 Å². The van der Waals surface area contributed by atoms with E-state index in [1.807, 2.05) is 19.9 Å². The van der Waals surface area contributed by atoms with Gasteiger partial charge in [0, 0.05) is 0 Å². The maximum atomic E-state index is 11.8. The molecule has 2 N–H and O–H groups in total. The summed E-state index contributed by atoms with van der Waals surface area (Å²) in [5.74, 6) is -1.80. The Kier molecular flexibility index (Phi) is 7.96. The summed E-state index contributed by atoms with van der Waals surface area (Å²) < 4.78 is 0. The quantitative estimate of drug-likeness (QED) is 0.604. The Bertz CT molecular complexity index is 577. The van der Waals surface area contributed by atoms with Gasteiger partial charge in [-0.3, -0.25) is 0 Å². The SMILES string of the molecule is CCCCC(CC)Cc1ccc(C(=O)O)c(C(=O)O)c1C(C)CC. The number of aromatic carboxylic acids is 2. The third kappa shape index (κ3) is 4.83. The highest BCUT2D eigenvalue weighted by atomic mass is 16.4. The van der Waals surface area contributed by atoms with Crippen LogP contribution in [-0.4, -0.2) is 22.2 Å². The first-order valence-corrected chi connectivity index (χ1v) is 8.99. The van der Waals surface area contributed by atoms with Crippen LogP contribution in [0, 0.1) is 5.92 Å². The molecule has 0 saturated heterocycles. The maximum absolute atomic E-state index is 11.8. The number of carbonyl (C=O) groups is 2. The lowest BCUT2D eigenvalue weighted by Gasteiger charge is -2.22. The molecule has 0 aliphatic heterocycles. The predicted molar refractivity (Wildman–Crippen MR) is 96.1 cm³/mol. The lowest BCUT2D eigenvalue weighted by Crippen LogP contribution is -2.17. The monoisotopic (exact) mass is 334 g/mol. The van der Waals surface area contributed by atoms with Crippen LogP contribution in [0.5, 0.6) is 0 Å². The normalized spacial score (nSPS) is 13.5. The first-order chi connectivity index (χ1) is 11.4. The van der Waals surface area contributed by atoms with Gasteiger partial charge in [0.15, 0.2) is 0 Å². The molecule has 4 nitrogen and oxygen atoms in total. The summed E-state index contributed by atoms with van der Waals surface area (Å²) in [6, 6.07) is 3.28. The second-order valence-electron chi connectivity index (χ2n) is 6.60. The minimum atomic E-state index is -1.18. The third-order valence-electron chi connectivity index (χ3n) is 4.94. The molecule has 2 unspecified atom stereocenters. The van der Waals surface area contributed by atoms with Crippen molar-refractivity contribution in [1.82, 2.24) is 0 Å². The van der Waals surface area contributed by atoms with Gasteiger partial charge in [0.25, 0.3) is 0 Å². The Morgan fingerprint density at radius 2 is 1.71 bits per heavy atom. The largest absolute Gasteiger partial charge is 0.478 e. The average Bonchev–Trinajstić information content (AvgIpc) is 2.56. The minimum absolute atomic E-state index is 0.0223. The molecular formula is C20H30O4. The smallest absolute Gasteiger partial charge is 0.336 e. The van der Waals surface area contributed by atoms with Crippen molar-refractivity contribution in [2.24, 2.45) is 5.92 Å². The van der Waals surface area contributed by atoms with Crippen molar-refractivity contribution in [3.8, 4) is 0 Å². The number of unbranched alkanes of at least 4 members (excludes halogenated alkanes) is 1. The van der Waals surface area contributed by atoms with Gasteiger partial charge >= 0.3 is 11.9 Å². The highest BCUT2D eigenvalue weighted by Crippen LogP contribution is 2.32. The summed E-state index contributed by atoms with van der Waals surface area (Å²) in [4.78, 5) is 23.2. The predicted octanol–water partition coefficient (Wildman–Crippen LogP) is 5.36. The van der Waals surface area contributed by atoms with E-state index in [1.165, 1.54) is 6.07 Å². The van der Waals surface area contributed by atoms with Gasteiger partial charge in [-0.2, -0.15) is 0 Å². The van der Waals surface area contributed by atoms with Crippen LogP contribution >= 0.6 is 0 Å². The molecule has 0 fully saturated rings. The molecule has 1 rings (SSSR count). The third-order valence-corrected chi connectivity index (χ3v) is 4.94. The number of hydrogen-bond acceptors (Lipinski definition) is 2. The summed E-state index contributed by atoms with van der Waals surface area (Å²) in [5.41, 5.74) is 1.57. The maximum Gasteiger partial charge on any atom is 0.336 e. The van der Waals surface area contributed by atoms with Crippen molar-refractivity contribution in [2.45, 2.75) is 72.1 Å². The lowest BCUT2D eigenvalue weighted by atomic mass is 9.82. The van der Waals surface area contributed by atoms with Crippen LogP contribution in [0.25, 0.3) is 0 Å². The number of hydrogen-bond donors (Lipinski definition) is 2. The van der Waals surface area contributed by atoms with E-state index in [1.54, 1.807) is 0 Å². The molecule has 0 bridgehead atoms. The van der Waals surface area contributed by atoms with Crippen molar-refractivity contribution in [2.75, 3.05) is 0 Å². The van der Waals surface area contributed by atoms with E-state index in [2.05, 4.69) is 13.8 Å². The molecule has 2 atom stereocenters. The molecule has 1 aromatic carbocycles. The van der Waals surface area contributed by atoms with Crippen LogP contribution in [-0.2, 0) is 6.42 Å². The molecule has 24 heavy (non-hydrogen) atoms. The Hall–Kier alpha value is -1.84. The lowest BCUT2D eigenvalue weighted by molar-refractivity contribution is 0.0650. The molecule has 0 heterocycles. The molecule has 0 spiro atoms. The van der Waals surface area contributed by atoms with Crippen molar-refractivity contribution >= 4 is 11.9 Å². The van der Waals surface area contributed by atoms with E-state index in [-0.39, 0.29) is 17.0 Å². The zero-order chi connectivity index (χ0) is 18.3. The highest BCUT2D eigenvalue weighted by Gasteiger charge is 2.26. The van der Waals surface area contributed by atoms with E-state index in [4.69, 9.17) is 0 Å². The fraction of sp³-hybridized carbons (Fsp3) is 0.600. The minimum Gasteiger partial charge on any atom is -0.478 e. The summed E-state index contributed by atoms with van der Waals surface area (Å²) in [7, 11) is 0. The molecule has 134 valence electrons. The van der Waals surface area contributed by atoms with Crippen LogP contribution in [0.2, 0.25) is 0 Å². The van der Waals surface area contributed by atoms with E-state index in [0.717, 1.165) is 44.1 Å². The fourth-order valence-electron chi connectivity index (χ4n) is 3.27. The number of rotatable bonds is 10. The van der Waals surface area contributed by atoms with Crippen molar-refractivity contribution in [1.29, 1.82) is 0 Å². The second kappa shape index (κ2) is 9.45. The van der Waals surface area contributed by atoms with Gasteiger partial charge in [0.2, 0.25) is 0 Å². The van der Waals surface area contributed by atoms with Crippen molar-refractivity contribution in [3.05, 3.63) is 34.4 Å². The molecule has 0 aromatic heterocycles. The number of benzene rings is 1. The van der Waals surface area contributed by atoms with E-state index >= 15 is 0 Å². The van der Waals surface area contributed by atoms with Gasteiger partial charge in [-0.15, -0.1) is 0 Å². The van der Waals surface area contributed by atoms with E-state index < -0.39 is 11.9 Å². The van der Waals surface area contributed by atoms with Gasteiger partial charge in [-0.05, 0) is 41.9 Å². The molecule has 0 aliphatic carbocycles. The average molecular weight is 334 g/mol. The molecule has 1 aromatic rings. The zero-order valence-corrected chi connectivity index (χ0v) is 15.3. The summed E-state index contributed by atoms with van der Waals surface area (Å²) in [6.07, 6.45) is 6.07. The second-order valence-corrected chi connectivity index (χ2v) is 6.60. The standard InChI is InChI=1S/C20H30O4/c1-5-8-9-14(7-3)12-15-10-11-16(19(21)22)18(20(23)24)17(15)13(4)6-2/h10-11,13-14H,5-9,12H2,1-4H3,(H,21,22)(H,23,24). The van der Waals surface area contributed by atoms with Gasteiger partial charge < -0.3 is 10.2 Å². The Morgan fingerprint density at radius 1 is 1.04 bits per heavy atom. The Balaban J connectivity index is 3.41. The number of carboxylic acid groups (broad SMARTS) is 2. The molecule has 0 amide bonds. The fourth-order valence-corrected chi connectivity index (χ4v) is 3.27. The van der Waals surface area contributed by atoms with Crippen molar-refractivity contribution < 1.29 is 19.8 Å². The molecule has 0 saturated carbocycles. The van der Waals surface area contributed by atoms with Crippen LogP contribution in [0.3, 0.4) is 0 Å². The van der Waals surface area contributed by atoms with Gasteiger partial charge in [-0.1, -0.05) is 59.4 Å². The first kappa shape index (κ1) is 20.2. The summed E-state index contributed by atoms with van der Waals surface area (Å²) in [5, 5.41) is 19.0. The number of carboxylic acids is 2. The molecule has 0 radical (unpaired) electrons. The molecular weight excluding hydrogens is 304 g/mol. The van der Waals surface area contributed by atoms with E-state index in [0.29, 0.717) is 11.5 Å². The highest BCUT2D eigenvalue weighted by molar-refractivity contribution is 6.03. The summed E-state index contributed by atoms with van der Waals surface area (Å²) >= 11 is 0. The first-order valence-electron chi connectivity index (χ1n) is 8.99. The van der Waals surface area contributed by atoms with Crippen LogP contribution in [0.4, 0.5) is 0 Å². The topological polar surface area (TPSA) is 74.6 Å². The summed E-state index contributed by atoms with van der Waals surface area (Å²) in [6.45, 7) is 8.31. The Labute approximate surface area is 144 Å². The molecule has 0 aliphatic rings. The van der Waals surface area contributed by atoms with Crippen LogP contribution in [0.15, 0.2) is 12.1 Å². The zero-order valence-electron chi connectivity index (χ0n) is 15.3.